The van der Waals surface area contributed by atoms with Gasteiger partial charge in [-0.2, -0.15) is 0 Å². The van der Waals surface area contributed by atoms with Gasteiger partial charge in [0, 0.05) is 22.0 Å². The average Bonchev–Trinajstić information content (AvgIpc) is 3.20. The lowest BCUT2D eigenvalue weighted by Gasteiger charge is -2.32. The zero-order valence-corrected chi connectivity index (χ0v) is 16.9. The summed E-state index contributed by atoms with van der Waals surface area (Å²) in [6.07, 6.45) is 1.52. The first-order chi connectivity index (χ1) is 12.0. The maximum Gasteiger partial charge on any atom is 0.320 e. The lowest BCUT2D eigenvalue weighted by molar-refractivity contribution is -0.142. The van der Waals surface area contributed by atoms with Gasteiger partial charge in [0.2, 0.25) is 0 Å². The Labute approximate surface area is 164 Å². The van der Waals surface area contributed by atoms with E-state index in [0.717, 1.165) is 32.9 Å². The van der Waals surface area contributed by atoms with Crippen molar-refractivity contribution in [3.05, 3.63) is 49.6 Å². The third kappa shape index (κ3) is 4.03. The molecule has 7 heteroatoms. The molecule has 2 unspecified atom stereocenters. The van der Waals surface area contributed by atoms with Crippen LogP contribution >= 0.6 is 38.9 Å². The lowest BCUT2D eigenvalue weighted by Crippen LogP contribution is -2.39. The van der Waals surface area contributed by atoms with Crippen LogP contribution in [0.4, 0.5) is 0 Å². The lowest BCUT2D eigenvalue weighted by atomic mass is 10.0. The number of halogens is 2. The van der Waals surface area contributed by atoms with Gasteiger partial charge in [0.05, 0.1) is 16.4 Å². The highest BCUT2D eigenvalue weighted by Crippen LogP contribution is 2.43. The second-order valence-corrected chi connectivity index (χ2v) is 8.82. The zero-order valence-electron chi connectivity index (χ0n) is 13.7. The summed E-state index contributed by atoms with van der Waals surface area (Å²) in [7, 11) is 0. The normalized spacial score (nSPS) is 19.1. The molecule has 1 aliphatic rings. The molecule has 3 rings (SSSR count). The third-order valence-corrected chi connectivity index (χ3v) is 6.25. The molecule has 2 aromatic rings. The van der Waals surface area contributed by atoms with Gasteiger partial charge >= 0.3 is 5.97 Å². The fraction of sp³-hybridized carbons (Fsp3) is 0.389. The summed E-state index contributed by atoms with van der Waals surface area (Å²) >= 11 is 11.4. The van der Waals surface area contributed by atoms with Crippen molar-refractivity contribution in [1.82, 2.24) is 4.90 Å². The Balaban J connectivity index is 2.12. The molecule has 1 saturated heterocycles. The number of thiophene rings is 1. The number of rotatable bonds is 6. The van der Waals surface area contributed by atoms with Crippen molar-refractivity contribution in [3.8, 4) is 5.75 Å². The summed E-state index contributed by atoms with van der Waals surface area (Å²) in [4.78, 5) is 14.9. The van der Waals surface area contributed by atoms with E-state index < -0.39 is 12.0 Å². The van der Waals surface area contributed by atoms with E-state index in [1.54, 1.807) is 17.4 Å². The number of hydrogen-bond donors (Lipinski definition) is 1. The summed E-state index contributed by atoms with van der Waals surface area (Å²) in [6, 6.07) is 8.89. The van der Waals surface area contributed by atoms with Crippen LogP contribution in [0.15, 0.2) is 34.1 Å². The number of carboxylic acids is 1. The maximum atomic E-state index is 11.8. The summed E-state index contributed by atoms with van der Waals surface area (Å²) in [5, 5.41) is 10.3. The van der Waals surface area contributed by atoms with Crippen molar-refractivity contribution >= 4 is 44.8 Å². The van der Waals surface area contributed by atoms with Gasteiger partial charge in [-0.25, -0.2) is 0 Å². The van der Waals surface area contributed by atoms with E-state index in [1.165, 1.54) is 0 Å². The van der Waals surface area contributed by atoms with Gasteiger partial charge in [0.15, 0.2) is 0 Å². The van der Waals surface area contributed by atoms with Gasteiger partial charge in [-0.05, 0) is 66.0 Å². The molecule has 0 radical (unpaired) electrons. The minimum Gasteiger partial charge on any atom is -0.494 e. The van der Waals surface area contributed by atoms with E-state index in [2.05, 4.69) is 20.8 Å². The highest BCUT2D eigenvalue weighted by molar-refractivity contribution is 9.11. The molecular weight excluding hydrogens is 426 g/mol. The number of likely N-dealkylation sites (tertiary alicyclic amines) is 1. The molecule has 4 nitrogen and oxygen atoms in total. The number of nitrogens with zero attached hydrogens (tertiary/aromatic N) is 1. The van der Waals surface area contributed by atoms with Crippen LogP contribution in [-0.2, 0) is 4.79 Å². The molecular formula is C18H19BrClNO3S. The molecule has 2 heterocycles. The summed E-state index contributed by atoms with van der Waals surface area (Å²) in [5.41, 5.74) is 0.914. The number of benzene rings is 1. The van der Waals surface area contributed by atoms with Crippen LogP contribution in [0, 0.1) is 0 Å². The zero-order chi connectivity index (χ0) is 18.0. The predicted octanol–water partition coefficient (Wildman–Crippen LogP) is 5.20. The second-order valence-electron chi connectivity index (χ2n) is 5.89. The minimum atomic E-state index is -0.780. The minimum absolute atomic E-state index is 0.194. The molecule has 25 heavy (non-hydrogen) atoms. The van der Waals surface area contributed by atoms with Crippen molar-refractivity contribution in [1.29, 1.82) is 0 Å². The fourth-order valence-corrected chi connectivity index (χ4v) is 5.10. The quantitative estimate of drug-likeness (QED) is 0.665. The van der Waals surface area contributed by atoms with Crippen molar-refractivity contribution in [2.45, 2.75) is 31.8 Å². The van der Waals surface area contributed by atoms with E-state index >= 15 is 0 Å². The largest absolute Gasteiger partial charge is 0.494 e. The van der Waals surface area contributed by atoms with E-state index in [0.29, 0.717) is 18.1 Å². The predicted molar refractivity (Wildman–Crippen MR) is 104 cm³/mol. The van der Waals surface area contributed by atoms with Crippen LogP contribution in [0.5, 0.6) is 5.75 Å². The Kier molecular flexibility index (Phi) is 6.04. The Morgan fingerprint density at radius 2 is 2.28 bits per heavy atom. The Morgan fingerprint density at radius 3 is 2.92 bits per heavy atom. The van der Waals surface area contributed by atoms with Gasteiger partial charge in [0.25, 0.3) is 0 Å². The highest BCUT2D eigenvalue weighted by atomic mass is 79.9. The monoisotopic (exact) mass is 443 g/mol. The molecule has 0 amide bonds. The van der Waals surface area contributed by atoms with Crippen LogP contribution in [0.3, 0.4) is 0 Å². The summed E-state index contributed by atoms with van der Waals surface area (Å²) in [6.45, 7) is 3.21. The third-order valence-electron chi connectivity index (χ3n) is 4.34. The molecule has 1 N–H and O–H groups in total. The summed E-state index contributed by atoms with van der Waals surface area (Å²) in [5.74, 6) is -0.0319. The Hall–Kier alpha value is -1.08. The Morgan fingerprint density at radius 1 is 1.48 bits per heavy atom. The number of aliphatic carboxylic acids is 1. The second kappa shape index (κ2) is 8.08. The number of carboxylic acid groups (broad SMARTS) is 1. The van der Waals surface area contributed by atoms with E-state index in [1.807, 2.05) is 31.2 Å². The topological polar surface area (TPSA) is 49.8 Å². The standard InChI is InChI=1S/C18H19BrClNO3S/c1-2-24-14-6-5-11(20)10-12(14)17(15-7-8-16(19)25-15)21-9-3-4-13(21)18(22)23/h5-8,10,13,17H,2-4,9H2,1H3,(H,22,23). The van der Waals surface area contributed by atoms with Crippen LogP contribution in [0.25, 0.3) is 0 Å². The first-order valence-corrected chi connectivity index (χ1v) is 10.2. The van der Waals surface area contributed by atoms with Crippen LogP contribution < -0.4 is 4.74 Å². The van der Waals surface area contributed by atoms with Gasteiger partial charge in [-0.3, -0.25) is 9.69 Å². The SMILES string of the molecule is CCOc1ccc(Cl)cc1C(c1ccc(Br)s1)N1CCCC1C(=O)O. The molecule has 1 aliphatic heterocycles. The first-order valence-electron chi connectivity index (χ1n) is 8.17. The first kappa shape index (κ1) is 18.7. The van der Waals surface area contributed by atoms with Gasteiger partial charge in [-0.15, -0.1) is 11.3 Å². The van der Waals surface area contributed by atoms with Gasteiger partial charge in [0.1, 0.15) is 11.8 Å². The molecule has 134 valence electrons. The fourth-order valence-electron chi connectivity index (χ4n) is 3.35. The van der Waals surface area contributed by atoms with Gasteiger partial charge in [-0.1, -0.05) is 11.6 Å². The molecule has 1 aromatic carbocycles. The molecule has 0 saturated carbocycles. The average molecular weight is 445 g/mol. The maximum absolute atomic E-state index is 11.8. The highest BCUT2D eigenvalue weighted by Gasteiger charge is 2.38. The van der Waals surface area contributed by atoms with Crippen molar-refractivity contribution in [2.24, 2.45) is 0 Å². The van der Waals surface area contributed by atoms with E-state index in [-0.39, 0.29) is 6.04 Å². The molecule has 1 fully saturated rings. The Bertz CT molecular complexity index is 767. The molecule has 1 aromatic heterocycles. The molecule has 0 spiro atoms. The number of carbonyl (C=O) groups is 1. The van der Waals surface area contributed by atoms with Crippen molar-refractivity contribution in [3.63, 3.8) is 0 Å². The molecule has 0 aliphatic carbocycles. The smallest absolute Gasteiger partial charge is 0.320 e. The van der Waals surface area contributed by atoms with E-state index in [9.17, 15) is 9.90 Å². The van der Waals surface area contributed by atoms with Crippen molar-refractivity contribution in [2.75, 3.05) is 13.2 Å². The molecule has 0 bridgehead atoms. The summed E-state index contributed by atoms with van der Waals surface area (Å²) < 4.78 is 6.83. The van der Waals surface area contributed by atoms with Crippen LogP contribution in [0.1, 0.15) is 36.2 Å². The number of ether oxygens (including phenoxy) is 1. The van der Waals surface area contributed by atoms with Gasteiger partial charge < -0.3 is 9.84 Å². The molecule has 2 atom stereocenters. The van der Waals surface area contributed by atoms with Crippen LogP contribution in [0.2, 0.25) is 5.02 Å². The van der Waals surface area contributed by atoms with Crippen molar-refractivity contribution < 1.29 is 14.6 Å². The van der Waals surface area contributed by atoms with Crippen LogP contribution in [-0.4, -0.2) is 35.2 Å². The number of hydrogen-bond acceptors (Lipinski definition) is 4. The van der Waals surface area contributed by atoms with E-state index in [4.69, 9.17) is 16.3 Å².